The third-order valence-corrected chi connectivity index (χ3v) is 6.47. The van der Waals surface area contributed by atoms with Crippen LogP contribution in [-0.2, 0) is 4.79 Å². The van der Waals surface area contributed by atoms with Crippen molar-refractivity contribution < 1.29 is 9.18 Å². The smallest absolute Gasteiger partial charge is 0.337 e. The van der Waals surface area contributed by atoms with Gasteiger partial charge in [-0.1, -0.05) is 42.5 Å². The molecule has 0 atom stereocenters. The number of hydrogen-bond donors (Lipinski definition) is 1. The number of nitrogens with zero attached hydrogens (tertiary/aromatic N) is 3. The Hall–Kier alpha value is -4.07. The predicted octanol–water partition coefficient (Wildman–Crippen LogP) is 3.58. The molecule has 0 aliphatic heterocycles. The molecule has 1 fully saturated rings. The van der Waals surface area contributed by atoms with Crippen LogP contribution in [0.1, 0.15) is 31.7 Å². The summed E-state index contributed by atoms with van der Waals surface area (Å²) in [4.78, 5) is 42.0. The van der Waals surface area contributed by atoms with Gasteiger partial charge in [0.1, 0.15) is 5.82 Å². The lowest BCUT2D eigenvalue weighted by atomic mass is 9.91. The van der Waals surface area contributed by atoms with E-state index in [0.717, 1.165) is 23.4 Å². The Kier molecular flexibility index (Phi) is 5.79. The van der Waals surface area contributed by atoms with Crippen LogP contribution in [0.3, 0.4) is 0 Å². The first-order valence-electron chi connectivity index (χ1n) is 11.2. The first-order chi connectivity index (χ1) is 16.6. The van der Waals surface area contributed by atoms with Gasteiger partial charge in [0.25, 0.3) is 5.56 Å². The van der Waals surface area contributed by atoms with Gasteiger partial charge in [-0.05, 0) is 55.0 Å². The van der Waals surface area contributed by atoms with Crippen LogP contribution in [0.4, 0.5) is 4.39 Å². The van der Waals surface area contributed by atoms with Gasteiger partial charge in [-0.25, -0.2) is 18.7 Å². The molecule has 34 heavy (non-hydrogen) atoms. The predicted molar refractivity (Wildman–Crippen MR) is 127 cm³/mol. The monoisotopic (exact) mass is 458 g/mol. The van der Waals surface area contributed by atoms with Gasteiger partial charge < -0.3 is 5.32 Å². The Morgan fingerprint density at radius 3 is 2.41 bits per heavy atom. The number of fused-ring (bicyclic) bond motifs is 1. The van der Waals surface area contributed by atoms with Crippen molar-refractivity contribution in [3.63, 3.8) is 0 Å². The van der Waals surface area contributed by atoms with Gasteiger partial charge in [-0.2, -0.15) is 0 Å². The second-order valence-electron chi connectivity index (χ2n) is 8.52. The summed E-state index contributed by atoms with van der Waals surface area (Å²) in [6.07, 6.45) is 4.10. The highest BCUT2D eigenvalue weighted by atomic mass is 19.1. The molecular formula is C26H23FN4O3. The molecule has 2 aromatic carbocycles. The standard InChI is InChI=1S/C26H23FN4O3/c27-19-14-23-24(28-15-19)30(22-8-4-7-18(13-22)17-5-2-1-3-6-17)26(34)31(25(23)33)21-11-9-20(10-12-21)29-16-32/h1-8,13-16,20-21H,9-12H2,(H,29,32). The van der Waals surface area contributed by atoms with E-state index < -0.39 is 17.1 Å². The van der Waals surface area contributed by atoms with Crippen molar-refractivity contribution in [1.29, 1.82) is 0 Å². The zero-order valence-electron chi connectivity index (χ0n) is 18.4. The van der Waals surface area contributed by atoms with E-state index in [-0.39, 0.29) is 23.1 Å². The van der Waals surface area contributed by atoms with Crippen molar-refractivity contribution in [3.05, 3.63) is 93.5 Å². The molecule has 1 saturated carbocycles. The number of amides is 1. The molecule has 1 amide bonds. The van der Waals surface area contributed by atoms with E-state index in [1.54, 1.807) is 6.07 Å². The maximum atomic E-state index is 14.1. The highest BCUT2D eigenvalue weighted by molar-refractivity contribution is 5.76. The van der Waals surface area contributed by atoms with E-state index in [1.807, 2.05) is 48.5 Å². The fourth-order valence-corrected chi connectivity index (χ4v) is 4.79. The number of pyridine rings is 1. The first kappa shape index (κ1) is 21.8. The van der Waals surface area contributed by atoms with E-state index >= 15 is 0 Å². The van der Waals surface area contributed by atoms with Gasteiger partial charge in [-0.15, -0.1) is 0 Å². The minimum Gasteiger partial charge on any atom is -0.356 e. The molecule has 1 aliphatic rings. The highest BCUT2D eigenvalue weighted by Crippen LogP contribution is 2.28. The van der Waals surface area contributed by atoms with Gasteiger partial charge in [0, 0.05) is 12.1 Å². The van der Waals surface area contributed by atoms with Gasteiger partial charge in [0.15, 0.2) is 5.65 Å². The van der Waals surface area contributed by atoms with Crippen LogP contribution in [0.15, 0.2) is 76.4 Å². The van der Waals surface area contributed by atoms with Crippen molar-refractivity contribution in [2.24, 2.45) is 0 Å². The Labute approximate surface area is 194 Å². The number of carbonyl (C=O) groups is 1. The lowest BCUT2D eigenvalue weighted by Crippen LogP contribution is -2.44. The molecule has 172 valence electrons. The van der Waals surface area contributed by atoms with Crippen LogP contribution in [0.25, 0.3) is 27.8 Å². The van der Waals surface area contributed by atoms with Crippen molar-refractivity contribution in [3.8, 4) is 16.8 Å². The molecule has 2 aromatic heterocycles. The minimum atomic E-state index is -0.640. The van der Waals surface area contributed by atoms with Crippen LogP contribution >= 0.6 is 0 Å². The maximum Gasteiger partial charge on any atom is 0.337 e. The van der Waals surface area contributed by atoms with Gasteiger partial charge in [0.2, 0.25) is 6.41 Å². The zero-order chi connectivity index (χ0) is 23.7. The zero-order valence-corrected chi connectivity index (χ0v) is 18.4. The molecule has 0 radical (unpaired) electrons. The topological polar surface area (TPSA) is 86.0 Å². The van der Waals surface area contributed by atoms with Crippen LogP contribution in [0, 0.1) is 5.82 Å². The number of halogens is 1. The Morgan fingerprint density at radius 1 is 0.941 bits per heavy atom. The Bertz CT molecular complexity index is 1470. The molecule has 8 heteroatoms. The normalized spacial score (nSPS) is 18.0. The fraction of sp³-hybridized carbons (Fsp3) is 0.231. The van der Waals surface area contributed by atoms with Gasteiger partial charge in [0.05, 0.1) is 17.3 Å². The number of rotatable bonds is 5. The third kappa shape index (κ3) is 3.91. The van der Waals surface area contributed by atoms with Gasteiger partial charge >= 0.3 is 5.69 Å². The van der Waals surface area contributed by atoms with E-state index in [9.17, 15) is 18.8 Å². The van der Waals surface area contributed by atoms with E-state index in [4.69, 9.17) is 0 Å². The Balaban J connectivity index is 1.69. The molecule has 0 spiro atoms. The van der Waals surface area contributed by atoms with Gasteiger partial charge in [-0.3, -0.25) is 14.2 Å². The average molecular weight is 458 g/mol. The van der Waals surface area contributed by atoms with Crippen molar-refractivity contribution in [1.82, 2.24) is 19.4 Å². The average Bonchev–Trinajstić information content (AvgIpc) is 2.86. The lowest BCUT2D eigenvalue weighted by Gasteiger charge is -2.29. The maximum absolute atomic E-state index is 14.1. The summed E-state index contributed by atoms with van der Waals surface area (Å²) in [6.45, 7) is 0. The summed E-state index contributed by atoms with van der Waals surface area (Å²) in [7, 11) is 0. The van der Waals surface area contributed by atoms with Crippen LogP contribution in [0.2, 0.25) is 0 Å². The molecule has 0 saturated heterocycles. The second kappa shape index (κ2) is 9.05. The summed E-state index contributed by atoms with van der Waals surface area (Å²) in [5, 5.41) is 2.82. The second-order valence-corrected chi connectivity index (χ2v) is 8.52. The van der Waals surface area contributed by atoms with Crippen molar-refractivity contribution >= 4 is 17.4 Å². The number of carbonyl (C=O) groups excluding carboxylic acids is 1. The molecule has 7 nitrogen and oxygen atoms in total. The summed E-state index contributed by atoms with van der Waals surface area (Å²) < 4.78 is 16.7. The molecule has 5 rings (SSSR count). The summed E-state index contributed by atoms with van der Waals surface area (Å²) in [6, 6.07) is 18.0. The molecule has 0 unspecified atom stereocenters. The minimum absolute atomic E-state index is 0.0220. The quantitative estimate of drug-likeness (QED) is 0.463. The number of hydrogen-bond acceptors (Lipinski definition) is 4. The molecular weight excluding hydrogens is 435 g/mol. The lowest BCUT2D eigenvalue weighted by molar-refractivity contribution is -0.110. The number of aromatic nitrogens is 3. The molecule has 4 aromatic rings. The summed E-state index contributed by atoms with van der Waals surface area (Å²) in [5.74, 6) is -0.640. The molecule has 0 bridgehead atoms. The number of nitrogens with one attached hydrogen (secondary N) is 1. The van der Waals surface area contributed by atoms with E-state index in [2.05, 4.69) is 10.3 Å². The summed E-state index contributed by atoms with van der Waals surface area (Å²) >= 11 is 0. The molecule has 1 aliphatic carbocycles. The van der Waals surface area contributed by atoms with Crippen LogP contribution in [0.5, 0.6) is 0 Å². The largest absolute Gasteiger partial charge is 0.356 e. The summed E-state index contributed by atoms with van der Waals surface area (Å²) in [5.41, 5.74) is 1.49. The Morgan fingerprint density at radius 2 is 1.68 bits per heavy atom. The number of benzene rings is 2. The van der Waals surface area contributed by atoms with E-state index in [0.29, 0.717) is 37.8 Å². The van der Waals surface area contributed by atoms with Crippen molar-refractivity contribution in [2.75, 3.05) is 0 Å². The molecule has 1 N–H and O–H groups in total. The van der Waals surface area contributed by atoms with Crippen LogP contribution < -0.4 is 16.6 Å². The first-order valence-corrected chi connectivity index (χ1v) is 11.2. The fourth-order valence-electron chi connectivity index (χ4n) is 4.79. The third-order valence-electron chi connectivity index (χ3n) is 6.47. The van der Waals surface area contributed by atoms with Crippen molar-refractivity contribution in [2.45, 2.75) is 37.8 Å². The SMILES string of the molecule is O=CNC1CCC(n2c(=O)c3cc(F)cnc3n(-c3cccc(-c4ccccc4)c3)c2=O)CC1. The molecule has 2 heterocycles. The highest BCUT2D eigenvalue weighted by Gasteiger charge is 2.27. The van der Waals surface area contributed by atoms with E-state index in [1.165, 1.54) is 9.13 Å². The van der Waals surface area contributed by atoms with Crippen LogP contribution in [-0.4, -0.2) is 26.6 Å².